The quantitative estimate of drug-likeness (QED) is 0.511. The third kappa shape index (κ3) is 2.50. The molecule has 0 radical (unpaired) electrons. The van der Waals surface area contributed by atoms with E-state index in [1.165, 1.54) is 25.7 Å². The van der Waals surface area contributed by atoms with Crippen LogP contribution in [0.5, 0.6) is 0 Å². The summed E-state index contributed by atoms with van der Waals surface area (Å²) in [5, 5.41) is 0. The third-order valence-corrected chi connectivity index (χ3v) is 4.10. The van der Waals surface area contributed by atoms with Crippen molar-refractivity contribution in [3.8, 4) is 0 Å². The largest absolute Gasteiger partial charge is 0.0623 e. The third-order valence-electron chi connectivity index (χ3n) is 4.10. The van der Waals surface area contributed by atoms with Gasteiger partial charge in [-0.15, -0.1) is 0 Å². The molecule has 0 heteroatoms. The summed E-state index contributed by atoms with van der Waals surface area (Å²) in [4.78, 5) is 0. The minimum absolute atomic E-state index is 0.958. The molecule has 0 amide bonds. The number of rotatable bonds is 0. The van der Waals surface area contributed by atoms with Crippen LogP contribution in [-0.4, -0.2) is 0 Å². The van der Waals surface area contributed by atoms with Gasteiger partial charge >= 0.3 is 0 Å². The first-order chi connectivity index (χ1) is 5.61. The molecular weight excluding hydrogens is 144 g/mol. The highest BCUT2D eigenvalue weighted by atomic mass is 14.3. The standard InChI is InChI=1S/C12H24/c1-9-5-6-11(3)12(4)8-7-10(9)2/h9-12H,5-8H2,1-4H3. The number of hydrogen-bond donors (Lipinski definition) is 0. The van der Waals surface area contributed by atoms with Crippen LogP contribution in [0.3, 0.4) is 0 Å². The van der Waals surface area contributed by atoms with Crippen molar-refractivity contribution in [1.82, 2.24) is 0 Å². The summed E-state index contributed by atoms with van der Waals surface area (Å²) in [6, 6.07) is 0. The van der Waals surface area contributed by atoms with Crippen LogP contribution in [-0.2, 0) is 0 Å². The second kappa shape index (κ2) is 4.30. The van der Waals surface area contributed by atoms with Crippen molar-refractivity contribution in [2.24, 2.45) is 23.7 Å². The Bertz CT molecular complexity index is 96.0. The SMILES string of the molecule is CC1CCC(C)C(C)CCC1C. The maximum atomic E-state index is 2.42. The molecule has 0 aliphatic heterocycles. The van der Waals surface area contributed by atoms with Crippen molar-refractivity contribution < 1.29 is 0 Å². The maximum absolute atomic E-state index is 2.42. The molecule has 0 bridgehead atoms. The zero-order chi connectivity index (χ0) is 9.14. The van der Waals surface area contributed by atoms with Crippen LogP contribution < -0.4 is 0 Å². The molecule has 0 saturated heterocycles. The summed E-state index contributed by atoms with van der Waals surface area (Å²) < 4.78 is 0. The molecule has 72 valence electrons. The fourth-order valence-corrected chi connectivity index (χ4v) is 2.19. The molecule has 1 aliphatic rings. The van der Waals surface area contributed by atoms with Crippen molar-refractivity contribution in [3.05, 3.63) is 0 Å². The summed E-state index contributed by atoms with van der Waals surface area (Å²) in [5.41, 5.74) is 0. The molecule has 1 fully saturated rings. The van der Waals surface area contributed by atoms with Gasteiger partial charge in [-0.25, -0.2) is 0 Å². The Morgan fingerprint density at radius 2 is 0.667 bits per heavy atom. The first kappa shape index (κ1) is 10.1. The molecular formula is C12H24. The van der Waals surface area contributed by atoms with Gasteiger partial charge < -0.3 is 0 Å². The summed E-state index contributed by atoms with van der Waals surface area (Å²) in [6.07, 6.45) is 5.80. The summed E-state index contributed by atoms with van der Waals surface area (Å²) in [7, 11) is 0. The van der Waals surface area contributed by atoms with Gasteiger partial charge in [-0.3, -0.25) is 0 Å². The zero-order valence-electron chi connectivity index (χ0n) is 9.14. The lowest BCUT2D eigenvalue weighted by Gasteiger charge is -2.29. The highest BCUT2D eigenvalue weighted by Crippen LogP contribution is 2.32. The van der Waals surface area contributed by atoms with Crippen LogP contribution in [0.1, 0.15) is 53.4 Å². The molecule has 0 spiro atoms. The van der Waals surface area contributed by atoms with Crippen molar-refractivity contribution in [2.45, 2.75) is 53.4 Å². The van der Waals surface area contributed by atoms with Crippen LogP contribution >= 0.6 is 0 Å². The minimum atomic E-state index is 0.958. The normalized spacial score (nSPS) is 45.0. The molecule has 0 aromatic carbocycles. The molecule has 1 rings (SSSR count). The van der Waals surface area contributed by atoms with Gasteiger partial charge in [0.05, 0.1) is 0 Å². The van der Waals surface area contributed by atoms with E-state index in [-0.39, 0.29) is 0 Å². The van der Waals surface area contributed by atoms with Gasteiger partial charge in [-0.05, 0) is 23.7 Å². The summed E-state index contributed by atoms with van der Waals surface area (Å²) >= 11 is 0. The molecule has 4 unspecified atom stereocenters. The number of hydrogen-bond acceptors (Lipinski definition) is 0. The monoisotopic (exact) mass is 168 g/mol. The van der Waals surface area contributed by atoms with E-state index in [0.29, 0.717) is 0 Å². The van der Waals surface area contributed by atoms with Crippen LogP contribution in [0.15, 0.2) is 0 Å². The van der Waals surface area contributed by atoms with Gasteiger partial charge in [-0.2, -0.15) is 0 Å². The van der Waals surface area contributed by atoms with Crippen LogP contribution in [0.4, 0.5) is 0 Å². The molecule has 0 nitrogen and oxygen atoms in total. The van der Waals surface area contributed by atoms with E-state index in [0.717, 1.165) is 23.7 Å². The predicted octanol–water partition coefficient (Wildman–Crippen LogP) is 4.10. The first-order valence-corrected chi connectivity index (χ1v) is 5.61. The van der Waals surface area contributed by atoms with E-state index in [1.807, 2.05) is 0 Å². The van der Waals surface area contributed by atoms with E-state index in [9.17, 15) is 0 Å². The molecule has 1 saturated carbocycles. The van der Waals surface area contributed by atoms with Crippen molar-refractivity contribution in [1.29, 1.82) is 0 Å². The van der Waals surface area contributed by atoms with Crippen molar-refractivity contribution in [3.63, 3.8) is 0 Å². The van der Waals surface area contributed by atoms with Gasteiger partial charge in [0.15, 0.2) is 0 Å². The smallest absolute Gasteiger partial charge is 0.0417 e. The topological polar surface area (TPSA) is 0 Å². The van der Waals surface area contributed by atoms with Crippen molar-refractivity contribution >= 4 is 0 Å². The van der Waals surface area contributed by atoms with E-state index < -0.39 is 0 Å². The Hall–Kier alpha value is 0. The van der Waals surface area contributed by atoms with E-state index in [1.54, 1.807) is 0 Å². The second-order valence-electron chi connectivity index (χ2n) is 5.06. The van der Waals surface area contributed by atoms with Gasteiger partial charge in [-0.1, -0.05) is 53.4 Å². The highest BCUT2D eigenvalue weighted by Gasteiger charge is 2.21. The van der Waals surface area contributed by atoms with Gasteiger partial charge in [0.25, 0.3) is 0 Å². The Morgan fingerprint density at radius 1 is 0.500 bits per heavy atom. The predicted molar refractivity (Wildman–Crippen MR) is 55.1 cm³/mol. The lowest BCUT2D eigenvalue weighted by Crippen LogP contribution is -2.18. The van der Waals surface area contributed by atoms with Crippen LogP contribution in [0.25, 0.3) is 0 Å². The molecule has 0 heterocycles. The molecule has 0 aromatic rings. The average molecular weight is 168 g/mol. The van der Waals surface area contributed by atoms with E-state index in [2.05, 4.69) is 27.7 Å². The summed E-state index contributed by atoms with van der Waals surface area (Å²) in [6.45, 7) is 9.70. The van der Waals surface area contributed by atoms with Crippen LogP contribution in [0, 0.1) is 23.7 Å². The Kier molecular flexibility index (Phi) is 3.61. The average Bonchev–Trinajstić information content (AvgIpc) is 2.07. The lowest BCUT2D eigenvalue weighted by atomic mass is 9.77. The second-order valence-corrected chi connectivity index (χ2v) is 5.06. The fourth-order valence-electron chi connectivity index (χ4n) is 2.19. The zero-order valence-corrected chi connectivity index (χ0v) is 9.14. The fraction of sp³-hybridized carbons (Fsp3) is 1.00. The molecule has 1 aliphatic carbocycles. The summed E-state index contributed by atoms with van der Waals surface area (Å²) in [5.74, 6) is 3.83. The lowest BCUT2D eigenvalue weighted by molar-refractivity contribution is 0.219. The Labute approximate surface area is 77.7 Å². The first-order valence-electron chi connectivity index (χ1n) is 5.61. The van der Waals surface area contributed by atoms with Gasteiger partial charge in [0.2, 0.25) is 0 Å². The maximum Gasteiger partial charge on any atom is -0.0417 e. The van der Waals surface area contributed by atoms with Crippen LogP contribution in [0.2, 0.25) is 0 Å². The minimum Gasteiger partial charge on any atom is -0.0623 e. The molecule has 0 N–H and O–H groups in total. The molecule has 0 aromatic heterocycles. The van der Waals surface area contributed by atoms with Crippen molar-refractivity contribution in [2.75, 3.05) is 0 Å². The van der Waals surface area contributed by atoms with E-state index in [4.69, 9.17) is 0 Å². The Balaban J connectivity index is 2.45. The van der Waals surface area contributed by atoms with E-state index >= 15 is 0 Å². The highest BCUT2D eigenvalue weighted by molar-refractivity contribution is 4.72. The van der Waals surface area contributed by atoms with Gasteiger partial charge in [0, 0.05) is 0 Å². The molecule has 4 atom stereocenters. The Morgan fingerprint density at radius 3 is 0.833 bits per heavy atom. The van der Waals surface area contributed by atoms with Gasteiger partial charge in [0.1, 0.15) is 0 Å². The molecule has 12 heavy (non-hydrogen) atoms.